The van der Waals surface area contributed by atoms with E-state index < -0.39 is 11.9 Å². The molecule has 3 aromatic rings. The number of allylic oxidation sites excluding steroid dienone is 5. The highest BCUT2D eigenvalue weighted by Crippen LogP contribution is 2.33. The van der Waals surface area contributed by atoms with E-state index in [0.29, 0.717) is 38.0 Å². The van der Waals surface area contributed by atoms with Gasteiger partial charge in [0, 0.05) is 11.8 Å². The molecule has 32 heavy (non-hydrogen) atoms. The molecule has 0 amide bonds. The van der Waals surface area contributed by atoms with Crippen molar-refractivity contribution in [3.63, 3.8) is 0 Å². The Morgan fingerprint density at radius 1 is 1.28 bits per heavy atom. The van der Waals surface area contributed by atoms with Gasteiger partial charge in [0.05, 0.1) is 11.1 Å². The third-order valence-electron chi connectivity index (χ3n) is 4.32. The number of hydrogen-bond acceptors (Lipinski definition) is 6. The molecule has 0 radical (unpaired) electrons. The summed E-state index contributed by atoms with van der Waals surface area (Å²) in [5, 5.41) is 11.4. The fourth-order valence-electron chi connectivity index (χ4n) is 2.53. The fourth-order valence-corrected chi connectivity index (χ4v) is 3.42. The summed E-state index contributed by atoms with van der Waals surface area (Å²) in [6.45, 7) is 7.01. The van der Waals surface area contributed by atoms with Crippen molar-refractivity contribution in [2.24, 2.45) is 0 Å². The van der Waals surface area contributed by atoms with E-state index in [1.807, 2.05) is 0 Å². The van der Waals surface area contributed by atoms with Crippen LogP contribution in [0.3, 0.4) is 0 Å². The Hall–Kier alpha value is -2.87. The summed E-state index contributed by atoms with van der Waals surface area (Å²) < 4.78 is 25.2. The summed E-state index contributed by atoms with van der Waals surface area (Å²) in [6, 6.07) is 10.7. The van der Waals surface area contributed by atoms with Crippen molar-refractivity contribution in [2.45, 2.75) is 36.7 Å². The normalized spacial score (nSPS) is 13.2. The summed E-state index contributed by atoms with van der Waals surface area (Å²) in [4.78, 5) is 8.81. The molecule has 0 spiro atoms. The predicted molar refractivity (Wildman–Crippen MR) is 124 cm³/mol. The van der Waals surface area contributed by atoms with Gasteiger partial charge in [0.25, 0.3) is 0 Å². The molecule has 0 bridgehead atoms. The number of aliphatic hydroxyl groups excluding tert-OH is 1. The first-order valence-electron chi connectivity index (χ1n) is 9.72. The first-order valence-corrected chi connectivity index (χ1v) is 10.9. The Labute approximate surface area is 195 Å². The van der Waals surface area contributed by atoms with Crippen molar-refractivity contribution >= 4 is 28.9 Å². The van der Waals surface area contributed by atoms with Crippen molar-refractivity contribution in [2.75, 3.05) is 0 Å². The summed E-state index contributed by atoms with van der Waals surface area (Å²) in [5.41, 5.74) is 2.01. The number of halogens is 2. The Balaban J connectivity index is 1.84. The number of hydrogen-bond donors (Lipinski definition) is 1. The average molecular weight is 473 g/mol. The second-order valence-electron chi connectivity index (χ2n) is 6.81. The molecule has 0 aliphatic carbocycles. The van der Waals surface area contributed by atoms with Crippen molar-refractivity contribution in [3.8, 4) is 5.75 Å². The molecule has 2 aromatic heterocycles. The van der Waals surface area contributed by atoms with E-state index in [4.69, 9.17) is 20.8 Å². The van der Waals surface area contributed by atoms with Crippen LogP contribution in [-0.2, 0) is 6.61 Å². The molecule has 1 N–H and O–H groups in total. The van der Waals surface area contributed by atoms with Gasteiger partial charge in [-0.1, -0.05) is 36.4 Å². The standard InChI is InChI=1S/C24H22ClFN2O3S/c1-4-19(26)9-5-15(2)23-28-21(14-30-20-10-6-17(7-11-20)16(3)29)24(31-23)32-22-12-8-18(25)13-27-22/h4-13,16,29H,1,14H2,2-3H3/b15-5+,19-9+. The van der Waals surface area contributed by atoms with Crippen LogP contribution >= 0.6 is 23.4 Å². The van der Waals surface area contributed by atoms with Crippen LogP contribution in [0.4, 0.5) is 4.39 Å². The third kappa shape index (κ3) is 6.56. The molecule has 8 heteroatoms. The Morgan fingerprint density at radius 3 is 2.66 bits per heavy atom. The van der Waals surface area contributed by atoms with Crippen molar-refractivity contribution in [3.05, 3.63) is 95.4 Å². The molecule has 0 aliphatic heterocycles. The van der Waals surface area contributed by atoms with Gasteiger partial charge in [0.2, 0.25) is 5.89 Å². The second kappa shape index (κ2) is 11.1. The number of pyridine rings is 1. The molecule has 0 saturated heterocycles. The average Bonchev–Trinajstić information content (AvgIpc) is 3.20. The zero-order valence-electron chi connectivity index (χ0n) is 17.6. The second-order valence-corrected chi connectivity index (χ2v) is 8.24. The Morgan fingerprint density at radius 2 is 2.03 bits per heavy atom. The van der Waals surface area contributed by atoms with Crippen LogP contribution in [0, 0.1) is 0 Å². The lowest BCUT2D eigenvalue weighted by Gasteiger charge is -2.08. The first-order chi connectivity index (χ1) is 15.4. The molecule has 5 nitrogen and oxygen atoms in total. The molecule has 1 unspecified atom stereocenters. The largest absolute Gasteiger partial charge is 0.487 e. The van der Waals surface area contributed by atoms with E-state index in [1.165, 1.54) is 17.8 Å². The molecular formula is C24H22ClFN2O3S. The van der Waals surface area contributed by atoms with Crippen molar-refractivity contribution in [1.82, 2.24) is 9.97 Å². The monoisotopic (exact) mass is 472 g/mol. The highest BCUT2D eigenvalue weighted by atomic mass is 35.5. The number of nitrogens with zero attached hydrogens (tertiary/aromatic N) is 2. The molecule has 1 aromatic carbocycles. The minimum Gasteiger partial charge on any atom is -0.487 e. The van der Waals surface area contributed by atoms with Crippen molar-refractivity contribution in [1.29, 1.82) is 0 Å². The SMILES string of the molecule is C=C/C(F)=C\C=C(/C)c1nc(COc2ccc(C(C)O)cc2)c(Sc2ccc(Cl)cn2)o1. The summed E-state index contributed by atoms with van der Waals surface area (Å²) in [5.74, 6) is 0.514. The minimum absolute atomic E-state index is 0.150. The molecule has 0 fully saturated rings. The van der Waals surface area contributed by atoms with Crippen LogP contribution in [0.25, 0.3) is 5.57 Å². The maximum atomic E-state index is 13.4. The summed E-state index contributed by atoms with van der Waals surface area (Å²) in [7, 11) is 0. The summed E-state index contributed by atoms with van der Waals surface area (Å²) in [6.07, 6.45) is 4.98. The predicted octanol–water partition coefficient (Wildman–Crippen LogP) is 6.95. The van der Waals surface area contributed by atoms with E-state index in [2.05, 4.69) is 16.5 Å². The lowest BCUT2D eigenvalue weighted by atomic mass is 10.1. The van der Waals surface area contributed by atoms with Gasteiger partial charge in [-0.25, -0.2) is 14.4 Å². The van der Waals surface area contributed by atoms with Gasteiger partial charge in [-0.3, -0.25) is 0 Å². The zero-order valence-corrected chi connectivity index (χ0v) is 19.2. The summed E-state index contributed by atoms with van der Waals surface area (Å²) >= 11 is 7.20. The number of aliphatic hydroxyl groups is 1. The van der Waals surface area contributed by atoms with Crippen LogP contribution < -0.4 is 4.74 Å². The lowest BCUT2D eigenvalue weighted by Crippen LogP contribution is -1.98. The Kier molecular flexibility index (Phi) is 8.27. The smallest absolute Gasteiger partial charge is 0.223 e. The number of rotatable bonds is 9. The van der Waals surface area contributed by atoms with Gasteiger partial charge in [-0.2, -0.15) is 0 Å². The number of aromatic nitrogens is 2. The molecule has 1 atom stereocenters. The maximum absolute atomic E-state index is 13.4. The maximum Gasteiger partial charge on any atom is 0.223 e. The van der Waals surface area contributed by atoms with Crippen LogP contribution in [0.5, 0.6) is 5.75 Å². The van der Waals surface area contributed by atoms with E-state index in [9.17, 15) is 9.50 Å². The highest BCUT2D eigenvalue weighted by molar-refractivity contribution is 7.99. The van der Waals surface area contributed by atoms with Crippen LogP contribution in [0.2, 0.25) is 5.02 Å². The topological polar surface area (TPSA) is 68.4 Å². The molecule has 3 rings (SSSR count). The van der Waals surface area contributed by atoms with Gasteiger partial charge in [0.1, 0.15) is 28.9 Å². The molecule has 0 saturated carbocycles. The zero-order chi connectivity index (χ0) is 23.1. The van der Waals surface area contributed by atoms with Crippen LogP contribution in [0.1, 0.15) is 37.1 Å². The number of oxazole rings is 1. The molecule has 166 valence electrons. The fraction of sp³-hybridized carbons (Fsp3) is 0.167. The number of benzene rings is 1. The Bertz CT molecular complexity index is 1120. The van der Waals surface area contributed by atoms with E-state index in [1.54, 1.807) is 62.5 Å². The highest BCUT2D eigenvalue weighted by Gasteiger charge is 2.17. The molecule has 2 heterocycles. The van der Waals surface area contributed by atoms with Gasteiger partial charge >= 0.3 is 0 Å². The van der Waals surface area contributed by atoms with E-state index >= 15 is 0 Å². The van der Waals surface area contributed by atoms with Crippen LogP contribution in [0.15, 0.2) is 87.8 Å². The third-order valence-corrected chi connectivity index (χ3v) is 5.50. The van der Waals surface area contributed by atoms with Gasteiger partial charge in [0.15, 0.2) is 5.09 Å². The minimum atomic E-state index is -0.549. The van der Waals surface area contributed by atoms with Gasteiger partial charge < -0.3 is 14.3 Å². The van der Waals surface area contributed by atoms with Crippen LogP contribution in [-0.4, -0.2) is 15.1 Å². The molecule has 0 aliphatic rings. The van der Waals surface area contributed by atoms with Gasteiger partial charge in [-0.15, -0.1) is 0 Å². The van der Waals surface area contributed by atoms with Gasteiger partial charge in [-0.05, 0) is 67.6 Å². The van der Waals surface area contributed by atoms with E-state index in [-0.39, 0.29) is 6.61 Å². The lowest BCUT2D eigenvalue weighted by molar-refractivity contribution is 0.199. The first kappa shape index (κ1) is 23.8. The van der Waals surface area contributed by atoms with Crippen molar-refractivity contribution < 1.29 is 18.7 Å². The van der Waals surface area contributed by atoms with E-state index in [0.717, 1.165) is 11.6 Å². The molecular weight excluding hydrogens is 451 g/mol. The number of ether oxygens (including phenoxy) is 1. The quantitative estimate of drug-likeness (QED) is 0.340.